The predicted octanol–water partition coefficient (Wildman–Crippen LogP) is 10.2. The lowest BCUT2D eigenvalue weighted by atomic mass is 9.59. The number of fused-ring (bicyclic) bond motifs is 1. The van der Waals surface area contributed by atoms with Gasteiger partial charge in [0.2, 0.25) is 0 Å². The van der Waals surface area contributed by atoms with E-state index in [4.69, 9.17) is 9.47 Å². The Kier molecular flexibility index (Phi) is 14.2. The lowest BCUT2D eigenvalue weighted by molar-refractivity contribution is -0.384. The third kappa shape index (κ3) is 10.7. The molecule has 4 aliphatic rings. The monoisotopic (exact) mass is 1040 g/mol. The Morgan fingerprint density at radius 2 is 1.72 bits per heavy atom. The second kappa shape index (κ2) is 20.6. The minimum atomic E-state index is -4.81. The number of rotatable bonds is 15. The van der Waals surface area contributed by atoms with E-state index in [-0.39, 0.29) is 72.8 Å². The standard InChI is InChI=1S/C54H58F4N8O7S/c1-34(2)41-5-3-4-6-42(41)49-32-63(31-36-7-8-37(55)24-44(36)56)19-20-65(49)38-28-53(29-38)12-17-64(18-13-53)47-27-50(73-39-23-35-11-16-59-51(35)60-30-39)43(26-45(47)57)52(67)62-74(70,71)40-9-10-46(48(25-40)66(68)69)61-33-54(58)14-21-72-22-15-54/h3-11,16,23-27,30,34,38,49,61H,12-15,17-22,28-29,31-33H2,1-2H3,(H,59,60)(H,62,67)/t49-/m0/s1. The number of piperazine rings is 1. The Hall–Kier alpha value is -6.61. The van der Waals surface area contributed by atoms with Crippen molar-refractivity contribution in [2.75, 3.05) is 62.7 Å². The number of halogens is 4. The Balaban J connectivity index is 0.855. The summed E-state index contributed by atoms with van der Waals surface area (Å²) in [6, 6.07) is 21.3. The smallest absolute Gasteiger partial charge is 0.293 e. The van der Waals surface area contributed by atoms with Crippen LogP contribution in [0.2, 0.25) is 0 Å². The van der Waals surface area contributed by atoms with E-state index in [1.54, 1.807) is 18.3 Å². The predicted molar refractivity (Wildman–Crippen MR) is 271 cm³/mol. The summed E-state index contributed by atoms with van der Waals surface area (Å²) in [5, 5.41) is 15.6. The van der Waals surface area contributed by atoms with Gasteiger partial charge in [0.15, 0.2) is 0 Å². The van der Waals surface area contributed by atoms with Crippen molar-refractivity contribution in [3.63, 3.8) is 0 Å². The van der Waals surface area contributed by atoms with Gasteiger partial charge >= 0.3 is 0 Å². The van der Waals surface area contributed by atoms with Crippen LogP contribution < -0.4 is 19.7 Å². The van der Waals surface area contributed by atoms with Crippen LogP contribution in [0.1, 0.15) is 91.4 Å². The molecule has 1 spiro atoms. The van der Waals surface area contributed by atoms with E-state index >= 15 is 8.78 Å². The number of ether oxygens (including phenoxy) is 2. The zero-order valence-corrected chi connectivity index (χ0v) is 41.9. The second-order valence-corrected chi connectivity index (χ2v) is 22.2. The first-order valence-corrected chi connectivity index (χ1v) is 26.5. The van der Waals surface area contributed by atoms with Gasteiger partial charge in [-0.3, -0.25) is 24.7 Å². The number of aromatic amines is 1. The number of alkyl halides is 1. The molecule has 15 nitrogen and oxygen atoms in total. The normalized spacial score (nSPS) is 19.4. The van der Waals surface area contributed by atoms with E-state index in [0.29, 0.717) is 48.8 Å². The first kappa shape index (κ1) is 50.9. The number of hydrogen-bond acceptors (Lipinski definition) is 12. The fraction of sp³-hybridized carbons (Fsp3) is 0.407. The summed E-state index contributed by atoms with van der Waals surface area (Å²) in [5.74, 6) is -2.86. The molecule has 0 radical (unpaired) electrons. The first-order chi connectivity index (χ1) is 35.4. The van der Waals surface area contributed by atoms with Crippen LogP contribution >= 0.6 is 0 Å². The van der Waals surface area contributed by atoms with Crippen LogP contribution in [-0.2, 0) is 21.3 Å². The number of nitrogens with zero attached hydrogens (tertiary/aromatic N) is 5. The minimum Gasteiger partial charge on any atom is -0.455 e. The van der Waals surface area contributed by atoms with E-state index in [1.807, 2.05) is 9.62 Å². The molecule has 6 aromatic rings. The van der Waals surface area contributed by atoms with Crippen molar-refractivity contribution in [1.82, 2.24) is 24.5 Å². The summed E-state index contributed by atoms with van der Waals surface area (Å²) in [6.07, 6.45) is 6.71. The molecule has 1 saturated carbocycles. The van der Waals surface area contributed by atoms with E-state index in [9.17, 15) is 32.1 Å². The number of carbonyl (C=O) groups is 1. The number of nitrogens with one attached hydrogen (secondary N) is 3. The highest BCUT2D eigenvalue weighted by molar-refractivity contribution is 7.90. The molecular formula is C54H58F4N8O7S. The van der Waals surface area contributed by atoms with Gasteiger partial charge in [-0.15, -0.1) is 0 Å². The van der Waals surface area contributed by atoms with Crippen molar-refractivity contribution in [1.29, 1.82) is 0 Å². The average molecular weight is 1040 g/mol. The molecule has 74 heavy (non-hydrogen) atoms. The molecule has 0 unspecified atom stereocenters. The third-order valence-electron chi connectivity index (χ3n) is 15.4. The second-order valence-electron chi connectivity index (χ2n) is 20.5. The van der Waals surface area contributed by atoms with Gasteiger partial charge < -0.3 is 24.7 Å². The number of anilines is 2. The molecule has 20 heteroatoms. The maximum absolute atomic E-state index is 16.5. The topological polar surface area (TPSA) is 175 Å². The van der Waals surface area contributed by atoms with E-state index in [1.165, 1.54) is 35.5 Å². The average Bonchev–Trinajstić information content (AvgIpc) is 3.85. The number of benzene rings is 4. The Bertz CT molecular complexity index is 3190. The number of piperidine rings is 1. The van der Waals surface area contributed by atoms with Crippen LogP contribution in [0, 0.1) is 33.0 Å². The summed E-state index contributed by atoms with van der Waals surface area (Å²) in [4.78, 5) is 38.9. The van der Waals surface area contributed by atoms with Crippen LogP contribution in [-0.4, -0.2) is 103 Å². The molecule has 3 saturated heterocycles. The summed E-state index contributed by atoms with van der Waals surface area (Å²) in [7, 11) is -4.81. The van der Waals surface area contributed by atoms with Gasteiger partial charge in [-0.25, -0.2) is 35.7 Å². The highest BCUT2D eigenvalue weighted by Gasteiger charge is 2.50. The quantitative estimate of drug-likeness (QED) is 0.0505. The van der Waals surface area contributed by atoms with Crippen molar-refractivity contribution in [3.05, 3.63) is 147 Å². The van der Waals surface area contributed by atoms with Crippen LogP contribution in [0.25, 0.3) is 11.0 Å². The fourth-order valence-corrected chi connectivity index (χ4v) is 12.3. The van der Waals surface area contributed by atoms with Gasteiger partial charge in [0, 0.05) is 119 Å². The zero-order valence-electron chi connectivity index (χ0n) is 41.1. The van der Waals surface area contributed by atoms with Crippen molar-refractivity contribution in [2.45, 2.75) is 87.5 Å². The zero-order chi connectivity index (χ0) is 51.9. The van der Waals surface area contributed by atoms with Crippen LogP contribution in [0.15, 0.2) is 102 Å². The number of nitro benzene ring substituents is 1. The highest BCUT2D eigenvalue weighted by atomic mass is 32.2. The highest BCUT2D eigenvalue weighted by Crippen LogP contribution is 2.54. The lowest BCUT2D eigenvalue weighted by Gasteiger charge is -2.58. The van der Waals surface area contributed by atoms with E-state index < -0.39 is 60.1 Å². The molecule has 1 atom stereocenters. The maximum atomic E-state index is 16.5. The molecule has 3 N–H and O–H groups in total. The first-order valence-electron chi connectivity index (χ1n) is 25.0. The number of nitro groups is 1. The number of sulfonamides is 1. The minimum absolute atomic E-state index is 0.0167. The van der Waals surface area contributed by atoms with Gasteiger partial charge in [0.1, 0.15) is 46.0 Å². The van der Waals surface area contributed by atoms with Gasteiger partial charge in [-0.2, -0.15) is 0 Å². The summed E-state index contributed by atoms with van der Waals surface area (Å²) < 4.78 is 101. The van der Waals surface area contributed by atoms with E-state index in [2.05, 4.69) is 63.2 Å². The molecule has 390 valence electrons. The van der Waals surface area contributed by atoms with Gasteiger partial charge in [0.25, 0.3) is 21.6 Å². The van der Waals surface area contributed by atoms with Crippen molar-refractivity contribution in [2.24, 2.45) is 5.41 Å². The van der Waals surface area contributed by atoms with Gasteiger partial charge in [-0.05, 0) is 84.5 Å². The van der Waals surface area contributed by atoms with E-state index in [0.717, 1.165) is 69.1 Å². The number of amides is 1. The van der Waals surface area contributed by atoms with Crippen LogP contribution in [0.5, 0.6) is 11.5 Å². The van der Waals surface area contributed by atoms with Gasteiger partial charge in [-0.1, -0.05) is 44.2 Å². The van der Waals surface area contributed by atoms with Crippen LogP contribution in [0.4, 0.5) is 34.6 Å². The van der Waals surface area contributed by atoms with Crippen molar-refractivity contribution in [3.8, 4) is 11.5 Å². The summed E-state index contributed by atoms with van der Waals surface area (Å²) in [6.45, 7) is 8.05. The Morgan fingerprint density at radius 1 is 0.946 bits per heavy atom. The number of aromatic nitrogens is 2. The molecule has 4 fully saturated rings. The largest absolute Gasteiger partial charge is 0.455 e. The number of hydrogen-bond donors (Lipinski definition) is 3. The molecular weight excluding hydrogens is 981 g/mol. The molecule has 2 aromatic heterocycles. The third-order valence-corrected chi connectivity index (χ3v) is 16.8. The number of pyridine rings is 1. The lowest BCUT2D eigenvalue weighted by Crippen LogP contribution is -2.60. The number of H-pyrrole nitrogens is 1. The Labute approximate surface area is 426 Å². The molecule has 0 bridgehead atoms. The SMILES string of the molecule is CC(C)c1ccccc1[C@@H]1CN(Cc2ccc(F)cc2F)CCN1C1CC2(CCN(c3cc(Oc4cnc5[nH]ccc5c4)c(C(=O)NS(=O)(=O)c4ccc(NCC5(F)CCOCC5)c([N+](=O)[O-])c4)cc3F)CC2)C1. The van der Waals surface area contributed by atoms with Crippen molar-refractivity contribution < 1.29 is 45.2 Å². The maximum Gasteiger partial charge on any atom is 0.293 e. The molecule has 1 aliphatic carbocycles. The van der Waals surface area contributed by atoms with Gasteiger partial charge in [0.05, 0.1) is 27.3 Å². The Morgan fingerprint density at radius 3 is 2.46 bits per heavy atom. The van der Waals surface area contributed by atoms with Crippen molar-refractivity contribution >= 4 is 44.0 Å². The number of carbonyl (C=O) groups excluding carboxylic acids is 1. The summed E-state index contributed by atoms with van der Waals surface area (Å²) in [5.41, 5.74) is 0.825. The molecule has 10 rings (SSSR count). The molecule has 4 aromatic carbocycles. The molecule has 1 amide bonds. The summed E-state index contributed by atoms with van der Waals surface area (Å²) >= 11 is 0. The molecule has 3 aliphatic heterocycles. The molecule has 5 heterocycles. The van der Waals surface area contributed by atoms with Crippen LogP contribution in [0.3, 0.4) is 0 Å². The fourth-order valence-electron chi connectivity index (χ4n) is 11.3.